The molecule has 21 heavy (non-hydrogen) atoms. The molecule has 1 unspecified atom stereocenters. The summed E-state index contributed by atoms with van der Waals surface area (Å²) in [6.45, 7) is 12.9. The lowest BCUT2D eigenvalue weighted by Gasteiger charge is -2.35. The first kappa shape index (κ1) is 18.0. The molecular weight excluding hydrogens is 265 g/mol. The Morgan fingerprint density at radius 3 is 2.43 bits per heavy atom. The van der Waals surface area contributed by atoms with E-state index in [2.05, 4.69) is 39.9 Å². The molecule has 0 aliphatic rings. The van der Waals surface area contributed by atoms with Crippen molar-refractivity contribution < 1.29 is 9.13 Å². The third-order valence-corrected chi connectivity index (χ3v) is 4.33. The molecule has 1 atom stereocenters. The summed E-state index contributed by atoms with van der Waals surface area (Å²) in [4.78, 5) is 0. The van der Waals surface area contributed by atoms with Crippen molar-refractivity contribution in [3.05, 3.63) is 29.6 Å². The lowest BCUT2D eigenvalue weighted by molar-refractivity contribution is 0.202. The second-order valence-corrected chi connectivity index (χ2v) is 6.94. The number of ether oxygens (including phenoxy) is 1. The minimum Gasteiger partial charge on any atom is -0.494 e. The largest absolute Gasteiger partial charge is 0.494 e. The number of hydrogen-bond acceptors (Lipinski definition) is 2. The zero-order chi connectivity index (χ0) is 16.0. The summed E-state index contributed by atoms with van der Waals surface area (Å²) in [5.41, 5.74) is 0.749. The first-order valence-electron chi connectivity index (χ1n) is 7.82. The van der Waals surface area contributed by atoms with Crippen LogP contribution in [0.15, 0.2) is 18.2 Å². The molecule has 120 valence electrons. The van der Waals surface area contributed by atoms with Crippen molar-refractivity contribution in [3.8, 4) is 5.75 Å². The van der Waals surface area contributed by atoms with Crippen molar-refractivity contribution in [1.82, 2.24) is 5.32 Å². The van der Waals surface area contributed by atoms with E-state index in [1.54, 1.807) is 6.07 Å². The maximum Gasteiger partial charge on any atom is 0.168 e. The summed E-state index contributed by atoms with van der Waals surface area (Å²) in [5, 5.41) is 3.52. The SMILES string of the molecule is COc1cccc(CC(C)(CNCC(C)C)C(C)C)c1F. The molecule has 0 aliphatic carbocycles. The number of benzene rings is 1. The fourth-order valence-corrected chi connectivity index (χ4v) is 2.40. The number of nitrogens with one attached hydrogen (secondary N) is 1. The van der Waals surface area contributed by atoms with Gasteiger partial charge in [0.05, 0.1) is 7.11 Å². The number of halogens is 1. The van der Waals surface area contributed by atoms with Crippen molar-refractivity contribution in [2.75, 3.05) is 20.2 Å². The van der Waals surface area contributed by atoms with E-state index in [1.807, 2.05) is 12.1 Å². The standard InChI is InChI=1S/C18H30FNO/c1-13(2)11-20-12-18(5,14(3)4)10-15-8-7-9-16(21-6)17(15)19/h7-9,13-14,20H,10-12H2,1-6H3. The Morgan fingerprint density at radius 2 is 1.90 bits per heavy atom. The summed E-state index contributed by atoms with van der Waals surface area (Å²) >= 11 is 0. The summed E-state index contributed by atoms with van der Waals surface area (Å²) in [7, 11) is 1.51. The topological polar surface area (TPSA) is 21.3 Å². The highest BCUT2D eigenvalue weighted by molar-refractivity contribution is 5.31. The van der Waals surface area contributed by atoms with Crippen LogP contribution in [0.3, 0.4) is 0 Å². The Bertz CT molecular complexity index is 445. The van der Waals surface area contributed by atoms with Gasteiger partial charge < -0.3 is 10.1 Å². The quantitative estimate of drug-likeness (QED) is 0.772. The summed E-state index contributed by atoms with van der Waals surface area (Å²) < 4.78 is 19.5. The molecule has 1 N–H and O–H groups in total. The Morgan fingerprint density at radius 1 is 1.24 bits per heavy atom. The molecule has 0 aromatic heterocycles. The highest BCUT2D eigenvalue weighted by Gasteiger charge is 2.30. The molecule has 1 aromatic carbocycles. The molecule has 0 bridgehead atoms. The smallest absolute Gasteiger partial charge is 0.168 e. The van der Waals surface area contributed by atoms with E-state index in [0.717, 1.165) is 18.7 Å². The van der Waals surface area contributed by atoms with Gasteiger partial charge in [-0.2, -0.15) is 0 Å². The first-order valence-corrected chi connectivity index (χ1v) is 7.82. The molecule has 0 radical (unpaired) electrons. The van der Waals surface area contributed by atoms with Crippen LogP contribution in [-0.2, 0) is 6.42 Å². The number of methoxy groups -OCH3 is 1. The van der Waals surface area contributed by atoms with Gasteiger partial charge in [0.1, 0.15) is 0 Å². The van der Waals surface area contributed by atoms with Crippen LogP contribution in [0.1, 0.15) is 40.2 Å². The Labute approximate surface area is 129 Å². The molecule has 0 amide bonds. The van der Waals surface area contributed by atoms with Gasteiger partial charge in [-0.15, -0.1) is 0 Å². The van der Waals surface area contributed by atoms with Crippen LogP contribution in [0, 0.1) is 23.1 Å². The zero-order valence-corrected chi connectivity index (χ0v) is 14.3. The fourth-order valence-electron chi connectivity index (χ4n) is 2.40. The second-order valence-electron chi connectivity index (χ2n) is 6.94. The van der Waals surface area contributed by atoms with Crippen molar-refractivity contribution >= 4 is 0 Å². The van der Waals surface area contributed by atoms with Gasteiger partial charge in [0, 0.05) is 6.54 Å². The highest BCUT2D eigenvalue weighted by atomic mass is 19.1. The van der Waals surface area contributed by atoms with Gasteiger partial charge in [-0.1, -0.05) is 46.8 Å². The third-order valence-electron chi connectivity index (χ3n) is 4.33. The first-order chi connectivity index (χ1) is 9.80. The van der Waals surface area contributed by atoms with Gasteiger partial charge in [0.2, 0.25) is 0 Å². The van der Waals surface area contributed by atoms with Gasteiger partial charge in [0.25, 0.3) is 0 Å². The van der Waals surface area contributed by atoms with E-state index in [1.165, 1.54) is 7.11 Å². The highest BCUT2D eigenvalue weighted by Crippen LogP contribution is 2.33. The minimum atomic E-state index is -0.226. The maximum absolute atomic E-state index is 14.4. The predicted molar refractivity (Wildman–Crippen MR) is 87.3 cm³/mol. The molecule has 1 rings (SSSR count). The second kappa shape index (κ2) is 7.79. The molecule has 0 spiro atoms. The van der Waals surface area contributed by atoms with Crippen molar-refractivity contribution in [2.45, 2.75) is 41.0 Å². The predicted octanol–water partition coefficient (Wildman–Crippen LogP) is 4.28. The zero-order valence-electron chi connectivity index (χ0n) is 14.3. The summed E-state index contributed by atoms with van der Waals surface area (Å²) in [6, 6.07) is 5.39. The monoisotopic (exact) mass is 295 g/mol. The molecule has 0 saturated heterocycles. The normalized spacial score (nSPS) is 14.5. The molecule has 0 saturated carbocycles. The van der Waals surface area contributed by atoms with Gasteiger partial charge in [-0.05, 0) is 41.8 Å². The average molecular weight is 295 g/mol. The van der Waals surface area contributed by atoms with Crippen LogP contribution in [0.2, 0.25) is 0 Å². The minimum absolute atomic E-state index is 0.0160. The molecule has 3 heteroatoms. The van der Waals surface area contributed by atoms with E-state index in [0.29, 0.717) is 24.0 Å². The van der Waals surface area contributed by atoms with Crippen LogP contribution >= 0.6 is 0 Å². The van der Waals surface area contributed by atoms with Crippen molar-refractivity contribution in [1.29, 1.82) is 0 Å². The van der Waals surface area contributed by atoms with Crippen LogP contribution < -0.4 is 10.1 Å². The number of rotatable bonds is 8. The van der Waals surface area contributed by atoms with E-state index in [9.17, 15) is 4.39 Å². The van der Waals surface area contributed by atoms with Gasteiger partial charge in [-0.3, -0.25) is 0 Å². The van der Waals surface area contributed by atoms with Crippen LogP contribution in [-0.4, -0.2) is 20.2 Å². The van der Waals surface area contributed by atoms with Crippen LogP contribution in [0.25, 0.3) is 0 Å². The third kappa shape index (κ3) is 4.99. The molecule has 0 fully saturated rings. The number of hydrogen-bond donors (Lipinski definition) is 1. The Kier molecular flexibility index (Phi) is 6.66. The lowest BCUT2D eigenvalue weighted by Crippen LogP contribution is -2.39. The van der Waals surface area contributed by atoms with E-state index in [-0.39, 0.29) is 11.2 Å². The molecule has 0 aliphatic heterocycles. The summed E-state index contributed by atoms with van der Waals surface area (Å²) in [5.74, 6) is 1.18. The van der Waals surface area contributed by atoms with Crippen molar-refractivity contribution in [2.24, 2.45) is 17.3 Å². The van der Waals surface area contributed by atoms with Crippen LogP contribution in [0.4, 0.5) is 4.39 Å². The van der Waals surface area contributed by atoms with Gasteiger partial charge in [-0.25, -0.2) is 4.39 Å². The van der Waals surface area contributed by atoms with E-state index >= 15 is 0 Å². The molecular formula is C18H30FNO. The summed E-state index contributed by atoms with van der Waals surface area (Å²) in [6.07, 6.45) is 0.707. The fraction of sp³-hybridized carbons (Fsp3) is 0.667. The molecule has 2 nitrogen and oxygen atoms in total. The maximum atomic E-state index is 14.4. The van der Waals surface area contributed by atoms with E-state index < -0.39 is 0 Å². The van der Waals surface area contributed by atoms with Gasteiger partial charge >= 0.3 is 0 Å². The average Bonchev–Trinajstić information content (AvgIpc) is 2.40. The molecule has 0 heterocycles. The van der Waals surface area contributed by atoms with Crippen LogP contribution in [0.5, 0.6) is 5.75 Å². The molecule has 1 aromatic rings. The Balaban J connectivity index is 2.87. The van der Waals surface area contributed by atoms with E-state index in [4.69, 9.17) is 4.74 Å². The van der Waals surface area contributed by atoms with Gasteiger partial charge in [0.15, 0.2) is 11.6 Å². The van der Waals surface area contributed by atoms with Crippen molar-refractivity contribution in [3.63, 3.8) is 0 Å². The Hall–Kier alpha value is -1.09. The lowest BCUT2D eigenvalue weighted by atomic mass is 9.74.